The molecule has 71 heavy (non-hydrogen) atoms. The minimum atomic E-state index is -0.928. The summed E-state index contributed by atoms with van der Waals surface area (Å²) in [6.07, 6.45) is 0. The molecule has 0 saturated carbocycles. The SMILES string of the molecule is Cc1ccccc1-c1nc2c(N(c3ccccc3)c3ccccc3)cc3c(c2o1)-c1c(cc(N(c2ccccc2)c2ccccc2)c2nc(-c4ccccc4C)oc12)C3(c1ccccc1)c1ccccc1. The highest BCUT2D eigenvalue weighted by molar-refractivity contribution is 6.15. The van der Waals surface area contributed by atoms with E-state index in [-0.39, 0.29) is 0 Å². The van der Waals surface area contributed by atoms with Crippen LogP contribution in [0.1, 0.15) is 33.4 Å². The first kappa shape index (κ1) is 41.9. The Kier molecular flexibility index (Phi) is 10.1. The van der Waals surface area contributed by atoms with E-state index in [2.05, 4.69) is 254 Å². The van der Waals surface area contributed by atoms with Crippen molar-refractivity contribution in [2.75, 3.05) is 9.80 Å². The molecule has 0 bridgehead atoms. The zero-order chi connectivity index (χ0) is 47.5. The van der Waals surface area contributed by atoms with Crippen molar-refractivity contribution in [3.63, 3.8) is 0 Å². The smallest absolute Gasteiger partial charge is 0.227 e. The van der Waals surface area contributed by atoms with E-state index < -0.39 is 5.41 Å². The van der Waals surface area contributed by atoms with Gasteiger partial charge in [-0.2, -0.15) is 0 Å². The number of aryl methyl sites for hydroxylation is 2. The number of oxazole rings is 2. The van der Waals surface area contributed by atoms with Gasteiger partial charge in [-0.25, -0.2) is 9.97 Å². The molecule has 0 N–H and O–H groups in total. The summed E-state index contributed by atoms with van der Waals surface area (Å²) < 4.78 is 14.9. The lowest BCUT2D eigenvalue weighted by molar-refractivity contribution is 0.616. The van der Waals surface area contributed by atoms with Gasteiger partial charge in [-0.05, 0) is 120 Å². The minimum absolute atomic E-state index is 0.539. The van der Waals surface area contributed by atoms with Gasteiger partial charge < -0.3 is 18.6 Å². The molecular weight excluding hydrogens is 869 g/mol. The number of rotatable bonds is 10. The predicted molar refractivity (Wildman–Crippen MR) is 289 cm³/mol. The number of para-hydroxylation sites is 4. The van der Waals surface area contributed by atoms with Gasteiger partial charge in [0.05, 0.1) is 16.8 Å². The van der Waals surface area contributed by atoms with Crippen molar-refractivity contribution in [1.29, 1.82) is 0 Å². The number of nitrogens with zero attached hydrogens (tertiary/aromatic N) is 4. The molecule has 13 rings (SSSR count). The topological polar surface area (TPSA) is 58.5 Å². The Morgan fingerprint density at radius 1 is 0.352 bits per heavy atom. The number of aromatic nitrogens is 2. The van der Waals surface area contributed by atoms with Crippen molar-refractivity contribution in [3.8, 4) is 34.0 Å². The van der Waals surface area contributed by atoms with E-state index in [1.807, 2.05) is 12.1 Å². The van der Waals surface area contributed by atoms with Gasteiger partial charge in [-0.15, -0.1) is 0 Å². The van der Waals surface area contributed by atoms with E-state index in [4.69, 9.17) is 18.8 Å². The van der Waals surface area contributed by atoms with Gasteiger partial charge in [-0.1, -0.05) is 170 Å². The van der Waals surface area contributed by atoms with E-state index in [1.165, 1.54) is 0 Å². The van der Waals surface area contributed by atoms with Crippen LogP contribution in [0, 0.1) is 13.8 Å². The van der Waals surface area contributed by atoms with Crippen LogP contribution in [0.3, 0.4) is 0 Å². The van der Waals surface area contributed by atoms with Crippen molar-refractivity contribution in [2.45, 2.75) is 19.3 Å². The molecule has 0 fully saturated rings. The maximum Gasteiger partial charge on any atom is 0.227 e. The second kappa shape index (κ2) is 17.1. The highest BCUT2D eigenvalue weighted by atomic mass is 16.4. The van der Waals surface area contributed by atoms with E-state index in [1.54, 1.807) is 0 Å². The summed E-state index contributed by atoms with van der Waals surface area (Å²) in [5, 5.41) is 0. The van der Waals surface area contributed by atoms with Crippen LogP contribution in [0.15, 0.2) is 251 Å². The van der Waals surface area contributed by atoms with Gasteiger partial charge in [-0.3, -0.25) is 0 Å². The lowest BCUT2D eigenvalue weighted by Gasteiger charge is -2.35. The lowest BCUT2D eigenvalue weighted by Crippen LogP contribution is -2.29. The fraction of sp³-hybridized carbons (Fsp3) is 0.0462. The standard InChI is InChI=1S/C65H46N4O2/c1-43-25-21-23-39-51(43)63-66-59-55(68(47-31-13-5-14-32-47)48-33-15-6-16-34-48)41-53-57(61(59)70-63)58-54(65(53,45-27-9-3-10-28-45)46-29-11-4-12-30-46)42-56(60-62(58)71-64(67-60)52-40-24-22-26-44(52)2)69(49-35-17-7-18-36-49)50-37-19-8-20-38-50/h3-42H,1-2H3. The second-order valence-corrected chi connectivity index (χ2v) is 18.2. The summed E-state index contributed by atoms with van der Waals surface area (Å²) in [7, 11) is 0. The molecule has 0 aliphatic heterocycles. The average molecular weight is 915 g/mol. The highest BCUT2D eigenvalue weighted by Gasteiger charge is 2.51. The number of hydrogen-bond acceptors (Lipinski definition) is 6. The summed E-state index contributed by atoms with van der Waals surface area (Å²) in [6.45, 7) is 4.22. The molecule has 0 unspecified atom stereocenters. The number of anilines is 6. The molecule has 0 atom stereocenters. The largest absolute Gasteiger partial charge is 0.435 e. The Morgan fingerprint density at radius 3 is 0.972 bits per heavy atom. The Morgan fingerprint density at radius 2 is 0.648 bits per heavy atom. The minimum Gasteiger partial charge on any atom is -0.435 e. The molecule has 6 heteroatoms. The zero-order valence-corrected chi connectivity index (χ0v) is 39.2. The van der Waals surface area contributed by atoms with E-state index in [0.29, 0.717) is 22.9 Å². The van der Waals surface area contributed by atoms with Gasteiger partial charge in [0, 0.05) is 45.0 Å². The van der Waals surface area contributed by atoms with Crippen LogP contribution < -0.4 is 9.80 Å². The Balaban J connectivity index is 1.26. The van der Waals surface area contributed by atoms with Crippen LogP contribution in [0.2, 0.25) is 0 Å². The molecule has 0 amide bonds. The van der Waals surface area contributed by atoms with Crippen molar-refractivity contribution in [1.82, 2.24) is 9.97 Å². The van der Waals surface area contributed by atoms with Gasteiger partial charge in [0.1, 0.15) is 11.0 Å². The molecule has 12 aromatic rings. The summed E-state index contributed by atoms with van der Waals surface area (Å²) in [5.74, 6) is 1.08. The lowest BCUT2D eigenvalue weighted by atomic mass is 9.67. The molecule has 0 radical (unpaired) electrons. The van der Waals surface area contributed by atoms with Crippen molar-refractivity contribution >= 4 is 56.3 Å². The predicted octanol–water partition coefficient (Wildman–Crippen LogP) is 17.2. The van der Waals surface area contributed by atoms with Crippen LogP contribution >= 0.6 is 0 Å². The normalized spacial score (nSPS) is 12.5. The molecule has 0 spiro atoms. The van der Waals surface area contributed by atoms with Crippen molar-refractivity contribution < 1.29 is 8.83 Å². The molecule has 2 aromatic heterocycles. The molecular formula is C65H46N4O2. The molecule has 0 saturated heterocycles. The molecule has 6 nitrogen and oxygen atoms in total. The third-order valence-electron chi connectivity index (χ3n) is 14.1. The van der Waals surface area contributed by atoms with E-state index in [9.17, 15) is 0 Å². The summed E-state index contributed by atoms with van der Waals surface area (Å²) in [4.78, 5) is 15.8. The molecule has 2 heterocycles. The molecule has 1 aliphatic rings. The third kappa shape index (κ3) is 6.71. The quantitative estimate of drug-likeness (QED) is 0.136. The van der Waals surface area contributed by atoms with E-state index >= 15 is 0 Å². The Hall–Kier alpha value is -9.26. The number of benzene rings is 10. The van der Waals surface area contributed by atoms with Gasteiger partial charge in [0.2, 0.25) is 11.8 Å². The highest BCUT2D eigenvalue weighted by Crippen LogP contribution is 2.63. The summed E-state index contributed by atoms with van der Waals surface area (Å²) >= 11 is 0. The first-order valence-electron chi connectivity index (χ1n) is 24.1. The summed E-state index contributed by atoms with van der Waals surface area (Å²) in [6, 6.07) is 85.4. The van der Waals surface area contributed by atoms with Gasteiger partial charge in [0.25, 0.3) is 0 Å². The second-order valence-electron chi connectivity index (χ2n) is 18.2. The Labute approximate surface area is 412 Å². The number of fused-ring (bicyclic) bond motifs is 7. The van der Waals surface area contributed by atoms with Crippen molar-refractivity contribution in [2.24, 2.45) is 0 Å². The monoisotopic (exact) mass is 914 g/mol. The summed E-state index contributed by atoms with van der Waals surface area (Å²) in [5.41, 5.74) is 17.6. The van der Waals surface area contributed by atoms with Gasteiger partial charge in [0.15, 0.2) is 11.2 Å². The fourth-order valence-electron chi connectivity index (χ4n) is 10.9. The van der Waals surface area contributed by atoms with E-state index in [0.717, 1.165) is 101 Å². The van der Waals surface area contributed by atoms with Crippen LogP contribution in [-0.2, 0) is 5.41 Å². The first-order valence-corrected chi connectivity index (χ1v) is 24.1. The van der Waals surface area contributed by atoms with Crippen molar-refractivity contribution in [3.05, 3.63) is 276 Å². The number of hydrogen-bond donors (Lipinski definition) is 0. The van der Waals surface area contributed by atoms with Crippen LogP contribution in [-0.4, -0.2) is 9.97 Å². The first-order chi connectivity index (χ1) is 35.1. The fourth-order valence-corrected chi connectivity index (χ4v) is 10.9. The molecule has 338 valence electrons. The van der Waals surface area contributed by atoms with Gasteiger partial charge >= 0.3 is 0 Å². The maximum absolute atomic E-state index is 7.43. The van der Waals surface area contributed by atoms with Crippen LogP contribution in [0.4, 0.5) is 34.1 Å². The van der Waals surface area contributed by atoms with Crippen LogP contribution in [0.5, 0.6) is 0 Å². The maximum atomic E-state index is 7.43. The van der Waals surface area contributed by atoms with Crippen LogP contribution in [0.25, 0.3) is 56.2 Å². The molecule has 10 aromatic carbocycles. The zero-order valence-electron chi connectivity index (χ0n) is 39.2. The third-order valence-corrected chi connectivity index (χ3v) is 14.1. The Bertz CT molecular complexity index is 3550. The average Bonchev–Trinajstić information content (AvgIpc) is 4.17. The molecule has 1 aliphatic carbocycles.